The van der Waals surface area contributed by atoms with E-state index in [4.69, 9.17) is 0 Å². The highest BCUT2D eigenvalue weighted by Gasteiger charge is 2.53. The highest BCUT2D eigenvalue weighted by molar-refractivity contribution is 6.18. The van der Waals surface area contributed by atoms with E-state index in [9.17, 15) is 9.18 Å². The third-order valence-electron chi connectivity index (χ3n) is 5.94. The molecule has 3 aromatic rings. The van der Waals surface area contributed by atoms with Crippen molar-refractivity contribution in [3.63, 3.8) is 0 Å². The predicted molar refractivity (Wildman–Crippen MR) is 106 cm³/mol. The van der Waals surface area contributed by atoms with E-state index < -0.39 is 5.41 Å². The Bertz CT molecular complexity index is 1070. The lowest BCUT2D eigenvalue weighted by atomic mass is 9.72. The number of allylic oxidation sites excluding steroid dienone is 1. The summed E-state index contributed by atoms with van der Waals surface area (Å²) in [5.74, 6) is -0.0165. The van der Waals surface area contributed by atoms with Crippen LogP contribution < -0.4 is 0 Å². The summed E-state index contributed by atoms with van der Waals surface area (Å²) in [5, 5.41) is 0. The summed E-state index contributed by atoms with van der Waals surface area (Å²) in [5.41, 5.74) is 5.27. The van der Waals surface area contributed by atoms with E-state index in [0.29, 0.717) is 6.42 Å². The second kappa shape index (κ2) is 6.02. The lowest BCUT2D eigenvalue weighted by Gasteiger charge is -2.28. The number of Topliss-reactive ketones (excluding diaryl/α,β-unsaturated/α-hetero) is 1. The van der Waals surface area contributed by atoms with E-state index in [1.54, 1.807) is 6.07 Å². The molecule has 1 nitrogen and oxygen atoms in total. The number of ketones is 1. The summed E-state index contributed by atoms with van der Waals surface area (Å²) in [4.78, 5) is 13.3. The quantitative estimate of drug-likeness (QED) is 0.569. The van der Waals surface area contributed by atoms with Crippen LogP contribution in [0.5, 0.6) is 0 Å². The zero-order valence-electron chi connectivity index (χ0n) is 14.9. The molecule has 27 heavy (non-hydrogen) atoms. The van der Waals surface area contributed by atoms with Gasteiger partial charge in [0.05, 0.1) is 5.41 Å². The van der Waals surface area contributed by atoms with Crippen molar-refractivity contribution in [2.75, 3.05) is 0 Å². The van der Waals surface area contributed by atoms with Gasteiger partial charge in [0.1, 0.15) is 11.6 Å². The van der Waals surface area contributed by atoms with Crippen molar-refractivity contribution in [3.05, 3.63) is 107 Å². The second-order valence-corrected chi connectivity index (χ2v) is 7.35. The minimum atomic E-state index is -0.657. The first-order valence-corrected chi connectivity index (χ1v) is 9.41. The third kappa shape index (κ3) is 2.26. The van der Waals surface area contributed by atoms with Gasteiger partial charge in [-0.1, -0.05) is 66.7 Å². The first kappa shape index (κ1) is 16.2. The van der Waals surface area contributed by atoms with Crippen LogP contribution in [0.25, 0.3) is 11.1 Å². The molecule has 5 rings (SSSR count). The van der Waals surface area contributed by atoms with Crippen molar-refractivity contribution in [1.82, 2.24) is 0 Å². The maximum absolute atomic E-state index is 14.2. The zero-order valence-corrected chi connectivity index (χ0v) is 14.9. The van der Waals surface area contributed by atoms with Crippen molar-refractivity contribution in [2.24, 2.45) is 0 Å². The molecule has 0 aliphatic heterocycles. The molecular weight excluding hydrogens is 335 g/mol. The Morgan fingerprint density at radius 2 is 1.48 bits per heavy atom. The molecule has 3 aromatic carbocycles. The van der Waals surface area contributed by atoms with Gasteiger partial charge in [-0.05, 0) is 58.4 Å². The number of fused-ring (bicyclic) bond motifs is 2. The molecule has 0 unspecified atom stereocenters. The molecule has 0 N–H and O–H groups in total. The molecule has 132 valence electrons. The van der Waals surface area contributed by atoms with Crippen LogP contribution in [-0.4, -0.2) is 5.78 Å². The largest absolute Gasteiger partial charge is 0.298 e. The SMILES string of the molecule is O=C1CCC[C@@]12C(c1ccccc1)=C(c1ccccc1)c1cc(F)ccc12. The Hall–Kier alpha value is -3.00. The maximum Gasteiger partial charge on any atom is 0.147 e. The Morgan fingerprint density at radius 1 is 0.815 bits per heavy atom. The smallest absolute Gasteiger partial charge is 0.147 e. The third-order valence-corrected chi connectivity index (χ3v) is 5.94. The van der Waals surface area contributed by atoms with Crippen LogP contribution in [0.15, 0.2) is 78.9 Å². The highest BCUT2D eigenvalue weighted by atomic mass is 19.1. The number of halogens is 1. The van der Waals surface area contributed by atoms with Crippen molar-refractivity contribution in [1.29, 1.82) is 0 Å². The average molecular weight is 354 g/mol. The van der Waals surface area contributed by atoms with Crippen LogP contribution in [-0.2, 0) is 10.2 Å². The Balaban J connectivity index is 1.93. The van der Waals surface area contributed by atoms with Gasteiger partial charge < -0.3 is 0 Å². The lowest BCUT2D eigenvalue weighted by molar-refractivity contribution is -0.120. The summed E-state index contributed by atoms with van der Waals surface area (Å²) in [6.45, 7) is 0. The Morgan fingerprint density at radius 3 is 2.11 bits per heavy atom. The van der Waals surface area contributed by atoms with Crippen LogP contribution in [0, 0.1) is 5.82 Å². The van der Waals surface area contributed by atoms with Crippen LogP contribution >= 0.6 is 0 Å². The van der Waals surface area contributed by atoms with Crippen molar-refractivity contribution < 1.29 is 9.18 Å². The molecule has 2 heteroatoms. The molecule has 2 aliphatic rings. The summed E-state index contributed by atoms with van der Waals surface area (Å²) >= 11 is 0. The number of hydrogen-bond donors (Lipinski definition) is 0. The minimum absolute atomic E-state index is 0.250. The number of carbonyl (C=O) groups excluding carboxylic acids is 1. The normalized spacial score (nSPS) is 21.1. The molecule has 0 heterocycles. The van der Waals surface area contributed by atoms with Crippen molar-refractivity contribution >= 4 is 16.9 Å². The van der Waals surface area contributed by atoms with Crippen LogP contribution in [0.1, 0.15) is 41.5 Å². The lowest BCUT2D eigenvalue weighted by Crippen LogP contribution is -2.30. The molecule has 1 atom stereocenters. The fourth-order valence-corrected chi connectivity index (χ4v) is 4.89. The first-order valence-electron chi connectivity index (χ1n) is 9.41. The van der Waals surface area contributed by atoms with Gasteiger partial charge in [-0.15, -0.1) is 0 Å². The van der Waals surface area contributed by atoms with Gasteiger partial charge in [0.15, 0.2) is 0 Å². The summed E-state index contributed by atoms with van der Waals surface area (Å²) in [7, 11) is 0. The average Bonchev–Trinajstić information content (AvgIpc) is 3.22. The molecule has 1 saturated carbocycles. The second-order valence-electron chi connectivity index (χ2n) is 7.35. The van der Waals surface area contributed by atoms with Gasteiger partial charge in [-0.3, -0.25) is 4.79 Å². The summed E-state index contributed by atoms with van der Waals surface area (Å²) in [6, 6.07) is 25.1. The summed E-state index contributed by atoms with van der Waals surface area (Å²) < 4.78 is 14.2. The summed E-state index contributed by atoms with van der Waals surface area (Å²) in [6.07, 6.45) is 2.23. The van der Waals surface area contributed by atoms with Gasteiger partial charge in [-0.25, -0.2) is 4.39 Å². The monoisotopic (exact) mass is 354 g/mol. The molecule has 0 radical (unpaired) electrons. The topological polar surface area (TPSA) is 17.1 Å². The fourth-order valence-electron chi connectivity index (χ4n) is 4.89. The molecule has 0 bridgehead atoms. The zero-order chi connectivity index (χ0) is 18.4. The van der Waals surface area contributed by atoms with E-state index in [0.717, 1.165) is 46.2 Å². The molecule has 0 aromatic heterocycles. The first-order chi connectivity index (χ1) is 13.2. The molecule has 2 aliphatic carbocycles. The number of hydrogen-bond acceptors (Lipinski definition) is 1. The van der Waals surface area contributed by atoms with Gasteiger partial charge in [0, 0.05) is 6.42 Å². The van der Waals surface area contributed by atoms with E-state index in [1.807, 2.05) is 54.6 Å². The molecule has 0 saturated heterocycles. The number of carbonyl (C=O) groups is 1. The molecule has 0 amide bonds. The molecular formula is C25H19FO. The fraction of sp³-hybridized carbons (Fsp3) is 0.160. The van der Waals surface area contributed by atoms with E-state index in [2.05, 4.69) is 12.1 Å². The number of rotatable bonds is 2. The predicted octanol–water partition coefficient (Wildman–Crippen LogP) is 5.79. The van der Waals surface area contributed by atoms with E-state index in [-0.39, 0.29) is 11.6 Å². The maximum atomic E-state index is 14.2. The molecule has 1 fully saturated rings. The van der Waals surface area contributed by atoms with E-state index in [1.165, 1.54) is 6.07 Å². The Kier molecular flexibility index (Phi) is 3.61. The van der Waals surface area contributed by atoms with Crippen molar-refractivity contribution in [3.8, 4) is 0 Å². The van der Waals surface area contributed by atoms with Crippen molar-refractivity contribution in [2.45, 2.75) is 24.7 Å². The number of benzene rings is 3. The van der Waals surface area contributed by atoms with Gasteiger partial charge in [0.25, 0.3) is 0 Å². The minimum Gasteiger partial charge on any atom is -0.298 e. The van der Waals surface area contributed by atoms with Crippen LogP contribution in [0.2, 0.25) is 0 Å². The highest BCUT2D eigenvalue weighted by Crippen LogP contribution is 2.58. The van der Waals surface area contributed by atoms with Gasteiger partial charge in [-0.2, -0.15) is 0 Å². The van der Waals surface area contributed by atoms with Gasteiger partial charge >= 0.3 is 0 Å². The van der Waals surface area contributed by atoms with Crippen LogP contribution in [0.3, 0.4) is 0 Å². The van der Waals surface area contributed by atoms with Crippen LogP contribution in [0.4, 0.5) is 4.39 Å². The van der Waals surface area contributed by atoms with Gasteiger partial charge in [0.2, 0.25) is 0 Å². The van der Waals surface area contributed by atoms with E-state index >= 15 is 0 Å². The molecule has 1 spiro atoms. The Labute approximate surface area is 158 Å². The standard InChI is InChI=1S/C25H19FO/c26-19-13-14-21-20(16-19)23(17-8-3-1-4-9-17)24(18-10-5-2-6-11-18)25(21)15-7-12-22(25)27/h1-6,8-11,13-14,16H,7,12,15H2/t25-/m0/s1.